The minimum atomic E-state index is -0.117. The van der Waals surface area contributed by atoms with Gasteiger partial charge in [0.05, 0.1) is 5.56 Å². The van der Waals surface area contributed by atoms with Gasteiger partial charge in [-0.05, 0) is 58.1 Å². The van der Waals surface area contributed by atoms with Crippen LogP contribution in [0.15, 0.2) is 12.1 Å². The molecule has 2 unspecified atom stereocenters. The number of piperidine rings is 2. The first-order chi connectivity index (χ1) is 13.1. The van der Waals surface area contributed by atoms with Gasteiger partial charge in [-0.2, -0.15) is 0 Å². The number of carbonyl (C=O) groups excluding carboxylic acids is 1. The number of nitrogens with one attached hydrogen (secondary N) is 2. The first kappa shape index (κ1) is 17.1. The van der Waals surface area contributed by atoms with Crippen molar-refractivity contribution >= 4 is 16.8 Å². The number of aromatic amines is 1. The Bertz CT molecular complexity index is 901. The van der Waals surface area contributed by atoms with Gasteiger partial charge in [-0.1, -0.05) is 0 Å². The Balaban J connectivity index is 1.65. The van der Waals surface area contributed by atoms with Gasteiger partial charge in [0, 0.05) is 54.1 Å². The molecule has 2 fully saturated rings. The van der Waals surface area contributed by atoms with Crippen molar-refractivity contribution in [3.8, 4) is 5.75 Å². The van der Waals surface area contributed by atoms with Crippen LogP contribution < -0.4 is 10.1 Å². The van der Waals surface area contributed by atoms with E-state index in [1.807, 2.05) is 13.8 Å². The van der Waals surface area contributed by atoms with Gasteiger partial charge in [-0.3, -0.25) is 9.69 Å². The van der Waals surface area contributed by atoms with Crippen molar-refractivity contribution in [2.45, 2.75) is 58.1 Å². The first-order valence-electron chi connectivity index (χ1n) is 10.5. The Morgan fingerprint density at radius 2 is 2.19 bits per heavy atom. The van der Waals surface area contributed by atoms with Crippen LogP contribution >= 0.6 is 0 Å². The van der Waals surface area contributed by atoms with Gasteiger partial charge in [0.2, 0.25) is 0 Å². The van der Waals surface area contributed by atoms with Crippen LogP contribution in [0.2, 0.25) is 0 Å². The number of rotatable bonds is 2. The molecule has 4 heterocycles. The molecule has 1 amide bonds. The molecule has 2 aromatic rings. The van der Waals surface area contributed by atoms with Gasteiger partial charge in [-0.15, -0.1) is 0 Å². The van der Waals surface area contributed by atoms with E-state index in [0.29, 0.717) is 12.5 Å². The third kappa shape index (κ3) is 2.44. The highest BCUT2D eigenvalue weighted by Crippen LogP contribution is 2.50. The summed E-state index contributed by atoms with van der Waals surface area (Å²) in [5.41, 5.74) is 3.88. The molecule has 1 aromatic heterocycles. The lowest BCUT2D eigenvalue weighted by Crippen LogP contribution is -2.64. The number of benzene rings is 1. The standard InChI is InChI=1S/C22H29N3O2/c1-3-23-21(26)19-14(2)24-17-8-9-18-16(20(17)19)13-15-7-6-12-25-11-5-4-10-22(15,25)27-18/h8-9,15,24H,3-7,10-13H2,1-2H3,(H,23,26). The fraction of sp³-hybridized carbons (Fsp3) is 0.591. The number of fused-ring (bicyclic) bond motifs is 3. The molecule has 5 nitrogen and oxygen atoms in total. The van der Waals surface area contributed by atoms with E-state index in [-0.39, 0.29) is 11.6 Å². The van der Waals surface area contributed by atoms with Crippen LogP contribution in [0.5, 0.6) is 5.75 Å². The van der Waals surface area contributed by atoms with E-state index in [2.05, 4.69) is 27.3 Å². The Kier molecular flexibility index (Phi) is 3.97. The molecule has 1 spiro atoms. The molecule has 3 aliphatic rings. The van der Waals surface area contributed by atoms with Gasteiger partial charge in [-0.25, -0.2) is 0 Å². The van der Waals surface area contributed by atoms with Gasteiger partial charge >= 0.3 is 0 Å². The number of H-pyrrole nitrogens is 1. The molecule has 5 rings (SSSR count). The Morgan fingerprint density at radius 3 is 3.04 bits per heavy atom. The molecular weight excluding hydrogens is 338 g/mol. The van der Waals surface area contributed by atoms with Crippen LogP contribution in [0.3, 0.4) is 0 Å². The predicted molar refractivity (Wildman–Crippen MR) is 106 cm³/mol. The third-order valence-corrected chi connectivity index (χ3v) is 6.89. The molecule has 2 saturated heterocycles. The minimum Gasteiger partial charge on any atom is -0.472 e. The Hall–Kier alpha value is -2.01. The van der Waals surface area contributed by atoms with Crippen molar-refractivity contribution in [2.24, 2.45) is 5.92 Å². The monoisotopic (exact) mass is 367 g/mol. The summed E-state index contributed by atoms with van der Waals surface area (Å²) in [6.45, 7) is 6.90. The van der Waals surface area contributed by atoms with E-state index in [1.54, 1.807) is 0 Å². The van der Waals surface area contributed by atoms with Crippen molar-refractivity contribution in [3.63, 3.8) is 0 Å². The van der Waals surface area contributed by atoms with E-state index < -0.39 is 0 Å². The molecule has 0 aliphatic carbocycles. The Labute approximate surface area is 160 Å². The number of aromatic nitrogens is 1. The van der Waals surface area contributed by atoms with Crippen LogP contribution in [0, 0.1) is 12.8 Å². The van der Waals surface area contributed by atoms with E-state index >= 15 is 0 Å². The number of hydrogen-bond donors (Lipinski definition) is 2. The number of nitrogens with zero attached hydrogens (tertiary/aromatic N) is 1. The maximum Gasteiger partial charge on any atom is 0.253 e. The van der Waals surface area contributed by atoms with Gasteiger partial charge in [0.1, 0.15) is 5.75 Å². The number of amides is 1. The summed E-state index contributed by atoms with van der Waals surface area (Å²) < 4.78 is 6.82. The van der Waals surface area contributed by atoms with Crippen molar-refractivity contribution in [1.29, 1.82) is 0 Å². The van der Waals surface area contributed by atoms with Crippen molar-refractivity contribution in [2.75, 3.05) is 19.6 Å². The summed E-state index contributed by atoms with van der Waals surface area (Å²) in [5, 5.41) is 4.05. The number of aryl methyl sites for hydroxylation is 1. The molecule has 0 bridgehead atoms. The smallest absolute Gasteiger partial charge is 0.253 e. The maximum absolute atomic E-state index is 12.8. The molecule has 1 aromatic carbocycles. The lowest BCUT2D eigenvalue weighted by atomic mass is 9.74. The third-order valence-electron chi connectivity index (χ3n) is 6.89. The molecule has 0 saturated carbocycles. The summed E-state index contributed by atoms with van der Waals surface area (Å²) >= 11 is 0. The van der Waals surface area contributed by atoms with Crippen molar-refractivity contribution in [1.82, 2.24) is 15.2 Å². The maximum atomic E-state index is 12.8. The summed E-state index contributed by atoms with van der Waals surface area (Å²) in [4.78, 5) is 18.8. The summed E-state index contributed by atoms with van der Waals surface area (Å²) in [6, 6.07) is 4.19. The lowest BCUT2D eigenvalue weighted by Gasteiger charge is -2.56. The summed E-state index contributed by atoms with van der Waals surface area (Å²) in [5.74, 6) is 1.51. The molecule has 0 radical (unpaired) electrons. The van der Waals surface area contributed by atoms with Crippen LogP contribution in [0.1, 0.15) is 60.6 Å². The Morgan fingerprint density at radius 1 is 1.33 bits per heavy atom. The second-order valence-corrected chi connectivity index (χ2v) is 8.38. The fourth-order valence-electron chi connectivity index (χ4n) is 5.74. The second-order valence-electron chi connectivity index (χ2n) is 8.38. The number of carbonyl (C=O) groups is 1. The second kappa shape index (κ2) is 6.26. The summed E-state index contributed by atoms with van der Waals surface area (Å²) in [6.07, 6.45) is 7.13. The zero-order valence-electron chi connectivity index (χ0n) is 16.4. The largest absolute Gasteiger partial charge is 0.472 e. The van der Waals surface area contributed by atoms with Crippen molar-refractivity contribution in [3.05, 3.63) is 29.0 Å². The van der Waals surface area contributed by atoms with Crippen LogP contribution in [0.4, 0.5) is 0 Å². The molecule has 144 valence electrons. The molecule has 27 heavy (non-hydrogen) atoms. The number of hydrogen-bond acceptors (Lipinski definition) is 3. The van der Waals surface area contributed by atoms with E-state index in [9.17, 15) is 4.79 Å². The van der Waals surface area contributed by atoms with E-state index in [0.717, 1.165) is 53.8 Å². The summed E-state index contributed by atoms with van der Waals surface area (Å²) in [7, 11) is 0. The van der Waals surface area contributed by atoms with Crippen molar-refractivity contribution < 1.29 is 9.53 Å². The van der Waals surface area contributed by atoms with Crippen LogP contribution in [-0.4, -0.2) is 41.2 Å². The lowest BCUT2D eigenvalue weighted by molar-refractivity contribution is -0.177. The highest BCUT2D eigenvalue weighted by molar-refractivity contribution is 6.09. The van der Waals surface area contributed by atoms with Gasteiger partial charge in [0.25, 0.3) is 5.91 Å². The minimum absolute atomic E-state index is 0.0119. The number of ether oxygens (including phenoxy) is 1. The van der Waals surface area contributed by atoms with E-state index in [4.69, 9.17) is 4.74 Å². The van der Waals surface area contributed by atoms with Crippen LogP contribution in [-0.2, 0) is 6.42 Å². The molecule has 2 atom stereocenters. The average Bonchev–Trinajstić information content (AvgIpc) is 3.01. The normalized spacial score (nSPS) is 27.4. The van der Waals surface area contributed by atoms with Gasteiger partial charge < -0.3 is 15.0 Å². The molecule has 2 N–H and O–H groups in total. The molecule has 3 aliphatic heterocycles. The predicted octanol–water partition coefficient (Wildman–Crippen LogP) is 3.75. The van der Waals surface area contributed by atoms with Crippen LogP contribution in [0.25, 0.3) is 10.9 Å². The quantitative estimate of drug-likeness (QED) is 0.850. The molecular formula is C22H29N3O2. The SMILES string of the molecule is CCNC(=O)c1c(C)[nH]c2ccc3c(c12)CC1CCCN2CCCCC12O3. The fourth-order valence-corrected chi connectivity index (χ4v) is 5.74. The van der Waals surface area contributed by atoms with E-state index in [1.165, 1.54) is 31.2 Å². The topological polar surface area (TPSA) is 57.4 Å². The highest BCUT2D eigenvalue weighted by Gasteiger charge is 2.52. The first-order valence-corrected chi connectivity index (χ1v) is 10.5. The zero-order chi connectivity index (χ0) is 18.6. The average molecular weight is 367 g/mol. The van der Waals surface area contributed by atoms with Gasteiger partial charge in [0.15, 0.2) is 5.72 Å². The molecule has 5 heteroatoms. The zero-order valence-corrected chi connectivity index (χ0v) is 16.4. The highest BCUT2D eigenvalue weighted by atomic mass is 16.5.